The van der Waals surface area contributed by atoms with Crippen molar-refractivity contribution in [1.29, 1.82) is 0 Å². The number of rotatable bonds is 3. The number of hydrogen-bond acceptors (Lipinski definition) is 2. The highest BCUT2D eigenvalue weighted by atomic mass is 19.1. The first kappa shape index (κ1) is 12.9. The highest BCUT2D eigenvalue weighted by Gasteiger charge is 2.30. The molecule has 1 aliphatic carbocycles. The molecule has 2 nitrogen and oxygen atoms in total. The third kappa shape index (κ3) is 2.22. The van der Waals surface area contributed by atoms with Crippen LogP contribution in [0.25, 0.3) is 0 Å². The van der Waals surface area contributed by atoms with Gasteiger partial charge in [0.25, 0.3) is 0 Å². The summed E-state index contributed by atoms with van der Waals surface area (Å²) in [4.78, 5) is 16.5. The molecule has 0 saturated carbocycles. The molecule has 1 heterocycles. The van der Waals surface area contributed by atoms with Gasteiger partial charge in [0.15, 0.2) is 0 Å². The largest absolute Gasteiger partial charge is 0.299 e. The number of nitrogens with zero attached hydrogens (tertiary/aromatic N) is 1. The van der Waals surface area contributed by atoms with Crippen molar-refractivity contribution in [3.63, 3.8) is 0 Å². The molecule has 3 rings (SSSR count). The number of fused-ring (bicyclic) bond motifs is 1. The van der Waals surface area contributed by atoms with Crippen LogP contribution in [0.15, 0.2) is 36.5 Å². The third-order valence-corrected chi connectivity index (χ3v) is 3.76. The van der Waals surface area contributed by atoms with Gasteiger partial charge in [-0.2, -0.15) is 0 Å². The van der Waals surface area contributed by atoms with E-state index in [0.29, 0.717) is 6.42 Å². The minimum atomic E-state index is -0.669. The second kappa shape index (κ2) is 5.12. The van der Waals surface area contributed by atoms with Crippen molar-refractivity contribution in [3.8, 4) is 0 Å². The van der Waals surface area contributed by atoms with Crippen molar-refractivity contribution >= 4 is 5.78 Å². The summed E-state index contributed by atoms with van der Waals surface area (Å²) in [5.41, 5.74) is 1.66. The van der Waals surface area contributed by atoms with Crippen LogP contribution >= 0.6 is 0 Å². The molecule has 0 saturated heterocycles. The number of pyridine rings is 1. The van der Waals surface area contributed by atoms with Crippen molar-refractivity contribution < 1.29 is 13.6 Å². The summed E-state index contributed by atoms with van der Waals surface area (Å²) in [6.07, 6.45) is 2.88. The number of halogens is 2. The van der Waals surface area contributed by atoms with E-state index < -0.39 is 11.6 Å². The molecular formula is C16H13F2NO. The molecule has 0 spiro atoms. The van der Waals surface area contributed by atoms with Crippen LogP contribution in [0.5, 0.6) is 0 Å². The lowest BCUT2D eigenvalue weighted by Crippen LogP contribution is -2.15. The molecule has 0 amide bonds. The predicted octanol–water partition coefficient (Wildman–Crippen LogP) is 3.20. The van der Waals surface area contributed by atoms with Gasteiger partial charge in [0.05, 0.1) is 11.6 Å². The lowest BCUT2D eigenvalue weighted by atomic mass is 9.95. The van der Waals surface area contributed by atoms with Crippen LogP contribution in [0.2, 0.25) is 0 Å². The van der Waals surface area contributed by atoms with Gasteiger partial charge in [-0.1, -0.05) is 12.1 Å². The van der Waals surface area contributed by atoms with Crippen molar-refractivity contribution in [3.05, 3.63) is 65.0 Å². The maximum absolute atomic E-state index is 13.6. The third-order valence-electron chi connectivity index (χ3n) is 3.76. The molecule has 2 aromatic rings. The number of aromatic nitrogens is 1. The normalized spacial score (nSPS) is 17.0. The van der Waals surface area contributed by atoms with E-state index in [-0.39, 0.29) is 23.7 Å². The van der Waals surface area contributed by atoms with Crippen LogP contribution in [-0.2, 0) is 17.6 Å². The number of benzene rings is 1. The number of aryl methyl sites for hydroxylation is 1. The molecule has 0 bridgehead atoms. The Balaban J connectivity index is 1.85. The summed E-state index contributed by atoms with van der Waals surface area (Å²) in [5, 5.41) is 0. The Morgan fingerprint density at radius 2 is 1.95 bits per heavy atom. The molecular weight excluding hydrogens is 260 g/mol. The number of carbonyl (C=O) groups excluding carboxylic acids is 1. The number of hydrogen-bond donors (Lipinski definition) is 0. The molecule has 0 fully saturated rings. The lowest BCUT2D eigenvalue weighted by molar-refractivity contribution is -0.120. The molecule has 0 radical (unpaired) electrons. The lowest BCUT2D eigenvalue weighted by Gasteiger charge is -2.10. The van der Waals surface area contributed by atoms with E-state index in [1.807, 2.05) is 12.1 Å². The minimum absolute atomic E-state index is 0.151. The molecule has 1 aromatic heterocycles. The quantitative estimate of drug-likeness (QED) is 0.859. The van der Waals surface area contributed by atoms with Gasteiger partial charge in [-0.15, -0.1) is 0 Å². The van der Waals surface area contributed by atoms with Crippen molar-refractivity contribution in [2.45, 2.75) is 25.2 Å². The Morgan fingerprint density at radius 3 is 2.70 bits per heavy atom. The van der Waals surface area contributed by atoms with Crippen molar-refractivity contribution in [2.75, 3.05) is 0 Å². The highest BCUT2D eigenvalue weighted by molar-refractivity contribution is 5.88. The predicted molar refractivity (Wildman–Crippen MR) is 70.4 cm³/mol. The van der Waals surface area contributed by atoms with E-state index in [0.717, 1.165) is 17.7 Å². The maximum atomic E-state index is 13.6. The summed E-state index contributed by atoms with van der Waals surface area (Å²) in [6.45, 7) is 0. The molecule has 20 heavy (non-hydrogen) atoms. The average molecular weight is 273 g/mol. The maximum Gasteiger partial charge on any atom is 0.146 e. The zero-order chi connectivity index (χ0) is 14.1. The van der Waals surface area contributed by atoms with Gasteiger partial charge < -0.3 is 0 Å². The second-order valence-electron chi connectivity index (χ2n) is 4.98. The van der Waals surface area contributed by atoms with E-state index in [2.05, 4.69) is 4.98 Å². The van der Waals surface area contributed by atoms with E-state index >= 15 is 0 Å². The van der Waals surface area contributed by atoms with E-state index in [1.165, 1.54) is 18.2 Å². The molecule has 102 valence electrons. The van der Waals surface area contributed by atoms with Crippen LogP contribution < -0.4 is 0 Å². The second-order valence-corrected chi connectivity index (χ2v) is 4.98. The van der Waals surface area contributed by atoms with Crippen LogP contribution in [0, 0.1) is 11.6 Å². The fourth-order valence-electron chi connectivity index (χ4n) is 2.72. The highest BCUT2D eigenvalue weighted by Crippen LogP contribution is 2.32. The molecule has 1 unspecified atom stereocenters. The molecule has 1 aliphatic rings. The first-order valence-corrected chi connectivity index (χ1v) is 6.56. The Hall–Kier alpha value is -2.10. The van der Waals surface area contributed by atoms with Crippen molar-refractivity contribution in [1.82, 2.24) is 4.98 Å². The first-order chi connectivity index (χ1) is 9.66. The molecule has 1 aromatic carbocycles. The van der Waals surface area contributed by atoms with Gasteiger partial charge >= 0.3 is 0 Å². The minimum Gasteiger partial charge on any atom is -0.299 e. The zero-order valence-corrected chi connectivity index (χ0v) is 10.8. The van der Waals surface area contributed by atoms with Crippen LogP contribution in [0.3, 0.4) is 0 Å². The standard InChI is InChI=1S/C16H13F2NO/c17-13-4-1-5-14(18)12(13)9-15(20)11-7-6-10-3-2-8-19-16(10)11/h1-5,8,11H,6-7,9H2. The van der Waals surface area contributed by atoms with E-state index in [4.69, 9.17) is 0 Å². The molecule has 0 N–H and O–H groups in total. The van der Waals surface area contributed by atoms with E-state index in [9.17, 15) is 13.6 Å². The van der Waals surface area contributed by atoms with Crippen LogP contribution in [-0.4, -0.2) is 10.8 Å². The Morgan fingerprint density at radius 1 is 1.20 bits per heavy atom. The van der Waals surface area contributed by atoms with Gasteiger partial charge in [-0.25, -0.2) is 8.78 Å². The van der Waals surface area contributed by atoms with Crippen LogP contribution in [0.1, 0.15) is 29.2 Å². The number of ketones is 1. The van der Waals surface area contributed by atoms with Gasteiger partial charge in [-0.3, -0.25) is 9.78 Å². The summed E-state index contributed by atoms with van der Waals surface area (Å²) in [7, 11) is 0. The topological polar surface area (TPSA) is 30.0 Å². The smallest absolute Gasteiger partial charge is 0.146 e. The SMILES string of the molecule is O=C(Cc1c(F)cccc1F)C1CCc2cccnc21. The van der Waals surface area contributed by atoms with Gasteiger partial charge in [0, 0.05) is 18.2 Å². The van der Waals surface area contributed by atoms with Crippen molar-refractivity contribution in [2.24, 2.45) is 0 Å². The first-order valence-electron chi connectivity index (χ1n) is 6.56. The Bertz CT molecular complexity index is 649. The monoisotopic (exact) mass is 273 g/mol. The van der Waals surface area contributed by atoms with Gasteiger partial charge in [0.2, 0.25) is 0 Å². The van der Waals surface area contributed by atoms with Gasteiger partial charge in [0.1, 0.15) is 17.4 Å². The Labute approximate surface area is 115 Å². The fraction of sp³-hybridized carbons (Fsp3) is 0.250. The number of carbonyl (C=O) groups is 1. The van der Waals surface area contributed by atoms with Gasteiger partial charge in [-0.05, 0) is 36.6 Å². The summed E-state index contributed by atoms with van der Waals surface area (Å²) in [6, 6.07) is 7.42. The Kier molecular flexibility index (Phi) is 3.30. The van der Waals surface area contributed by atoms with E-state index in [1.54, 1.807) is 6.20 Å². The average Bonchev–Trinajstić information content (AvgIpc) is 2.87. The molecule has 4 heteroatoms. The summed E-state index contributed by atoms with van der Waals surface area (Å²) >= 11 is 0. The number of Topliss-reactive ketones (excluding diaryl/α,β-unsaturated/α-hetero) is 1. The van der Waals surface area contributed by atoms with Crippen LogP contribution in [0.4, 0.5) is 8.78 Å². The molecule has 0 aliphatic heterocycles. The fourth-order valence-corrected chi connectivity index (χ4v) is 2.72. The summed E-state index contributed by atoms with van der Waals surface area (Å²) in [5.74, 6) is -1.85. The zero-order valence-electron chi connectivity index (χ0n) is 10.8. The summed E-state index contributed by atoms with van der Waals surface area (Å²) < 4.78 is 27.2. The molecule has 1 atom stereocenters.